The highest BCUT2D eigenvalue weighted by atomic mass is 31.2. The van der Waals surface area contributed by atoms with E-state index in [9.17, 15) is 28.9 Å². The van der Waals surface area contributed by atoms with Gasteiger partial charge < -0.3 is 24.2 Å². The Morgan fingerprint density at radius 2 is 0.650 bits per heavy atom. The van der Waals surface area contributed by atoms with Gasteiger partial charge in [-0.25, -0.2) is 4.57 Å². The molecule has 0 saturated heterocycles. The maximum absolute atomic E-state index is 13.0. The van der Waals surface area contributed by atoms with Crippen LogP contribution >= 0.6 is 7.82 Å². The molecule has 0 aromatic heterocycles. The van der Waals surface area contributed by atoms with Gasteiger partial charge in [0.25, 0.3) is 0 Å². The molecule has 2 N–H and O–H groups in total. The molecule has 0 rings (SSSR count). The lowest BCUT2D eigenvalue weighted by atomic mass is 10.1. The minimum Gasteiger partial charge on any atom is -0.462 e. The predicted octanol–water partition coefficient (Wildman–Crippen LogP) is 19.1. The number of carbonyl (C=O) groups excluding carboxylic acids is 3. The van der Waals surface area contributed by atoms with E-state index < -0.39 is 57.8 Å². The molecule has 80 heavy (non-hydrogen) atoms. The van der Waals surface area contributed by atoms with Gasteiger partial charge in [-0.2, -0.15) is 0 Å². The molecule has 3 unspecified atom stereocenters. The number of esters is 3. The largest absolute Gasteiger partial charge is 0.472 e. The standard InChI is InChI=1S/C68H113O11P/c1-4-7-10-13-16-19-22-25-28-30-32-34-37-39-42-45-48-51-54-57-66(70)75-61-65(79-68(72)59-56-53-50-47-44-41-38-35-33-31-29-26-23-20-17-14-11-8-5-2)63-77-80(73,74)76-62-64(60-69)78-67(71)58-55-52-49-46-43-40-36-27-24-21-18-15-12-9-6-3/h7-8,10-11,16-17,19-20,25-29,32-36,39,42,64-65,69H,4-6,9,12-15,18,21-24,30-31,37-38,40-41,43-63H2,1-3H3,(H,73,74)/b10-7-,11-8-,19-16-,20-17-,28-25-,29-26-,34-32-,35-33-,36-27-,42-39-. The molecule has 11 nitrogen and oxygen atoms in total. The van der Waals surface area contributed by atoms with Crippen LogP contribution in [0.5, 0.6) is 0 Å². The molecule has 0 aliphatic carbocycles. The Morgan fingerprint density at radius 1 is 0.362 bits per heavy atom. The number of unbranched alkanes of at least 4 members (excludes halogenated alkanes) is 20. The molecule has 0 heterocycles. The predicted molar refractivity (Wildman–Crippen MR) is 334 cm³/mol. The van der Waals surface area contributed by atoms with Gasteiger partial charge in [-0.05, 0) is 128 Å². The zero-order chi connectivity index (χ0) is 58.3. The summed E-state index contributed by atoms with van der Waals surface area (Å²) < 4.78 is 39.6. The molecule has 12 heteroatoms. The Hall–Kier alpha value is -4.12. The number of rotatable bonds is 57. The van der Waals surface area contributed by atoms with Crippen molar-refractivity contribution in [2.24, 2.45) is 0 Å². The minimum atomic E-state index is -4.77. The fourth-order valence-electron chi connectivity index (χ4n) is 8.13. The molecule has 0 bridgehead atoms. The van der Waals surface area contributed by atoms with Crippen LogP contribution < -0.4 is 0 Å². The number of aliphatic hydroxyl groups excluding tert-OH is 1. The van der Waals surface area contributed by atoms with Crippen LogP contribution in [0, 0.1) is 0 Å². The summed E-state index contributed by atoms with van der Waals surface area (Å²) in [5.74, 6) is -1.53. The van der Waals surface area contributed by atoms with Crippen LogP contribution in [0.2, 0.25) is 0 Å². The summed E-state index contributed by atoms with van der Waals surface area (Å²) in [6, 6.07) is 0. The highest BCUT2D eigenvalue weighted by Gasteiger charge is 2.28. The second-order valence-corrected chi connectivity index (χ2v) is 21.9. The quantitative estimate of drug-likeness (QED) is 0.0197. The van der Waals surface area contributed by atoms with Crippen LogP contribution in [-0.2, 0) is 42.2 Å². The van der Waals surface area contributed by atoms with Crippen LogP contribution in [0.3, 0.4) is 0 Å². The highest BCUT2D eigenvalue weighted by Crippen LogP contribution is 2.43. The Bertz CT molecular complexity index is 1800. The zero-order valence-corrected chi connectivity index (χ0v) is 51.4. The molecular formula is C68H113O11P. The van der Waals surface area contributed by atoms with Crippen molar-refractivity contribution in [1.29, 1.82) is 0 Å². The van der Waals surface area contributed by atoms with Crippen molar-refractivity contribution in [3.63, 3.8) is 0 Å². The lowest BCUT2D eigenvalue weighted by Crippen LogP contribution is -2.30. The van der Waals surface area contributed by atoms with Gasteiger partial charge in [0.1, 0.15) is 12.7 Å². The maximum atomic E-state index is 13.0. The van der Waals surface area contributed by atoms with Crippen molar-refractivity contribution in [2.75, 3.05) is 26.4 Å². The lowest BCUT2D eigenvalue weighted by Gasteiger charge is -2.21. The van der Waals surface area contributed by atoms with Crippen molar-refractivity contribution in [3.05, 3.63) is 122 Å². The molecular weight excluding hydrogens is 1020 g/mol. The van der Waals surface area contributed by atoms with E-state index in [-0.39, 0.29) is 25.9 Å². The van der Waals surface area contributed by atoms with E-state index in [1.165, 1.54) is 38.5 Å². The molecule has 0 spiro atoms. The molecule has 0 saturated carbocycles. The number of phosphoric ester groups is 1. The van der Waals surface area contributed by atoms with Crippen LogP contribution in [0.25, 0.3) is 0 Å². The van der Waals surface area contributed by atoms with Crippen LogP contribution in [0.1, 0.15) is 252 Å². The van der Waals surface area contributed by atoms with E-state index in [0.717, 1.165) is 154 Å². The molecule has 0 aliphatic heterocycles. The first-order valence-corrected chi connectivity index (χ1v) is 32.9. The highest BCUT2D eigenvalue weighted by molar-refractivity contribution is 7.47. The van der Waals surface area contributed by atoms with Crippen LogP contribution in [0.4, 0.5) is 0 Å². The third kappa shape index (κ3) is 58.5. The third-order valence-electron chi connectivity index (χ3n) is 12.8. The minimum absolute atomic E-state index is 0.137. The van der Waals surface area contributed by atoms with Crippen molar-refractivity contribution in [2.45, 2.75) is 264 Å². The number of carbonyl (C=O) groups is 3. The maximum Gasteiger partial charge on any atom is 0.472 e. The Morgan fingerprint density at radius 3 is 1.02 bits per heavy atom. The van der Waals surface area contributed by atoms with Gasteiger partial charge >= 0.3 is 25.7 Å². The summed E-state index contributed by atoms with van der Waals surface area (Å²) in [6.07, 6.45) is 75.7. The summed E-state index contributed by atoms with van der Waals surface area (Å²) in [4.78, 5) is 48.7. The van der Waals surface area contributed by atoms with Gasteiger partial charge in [0, 0.05) is 19.3 Å². The van der Waals surface area contributed by atoms with Gasteiger partial charge in [0.05, 0.1) is 19.8 Å². The SMILES string of the molecule is CC/C=C\C/C=C\C/C=C\C/C=C\C/C=C\CCCCCC(=O)OCC(COP(=O)(O)OCC(CO)OC(=O)CCCCCCC/C=C\CCCCCCCC)OC(=O)CCCCCCCC/C=C\C/C=C\C/C=C\C/C=C\CC. The molecule has 0 fully saturated rings. The van der Waals surface area contributed by atoms with Crippen molar-refractivity contribution < 1.29 is 52.2 Å². The summed E-state index contributed by atoms with van der Waals surface area (Å²) in [6.45, 7) is 4.36. The van der Waals surface area contributed by atoms with E-state index in [4.69, 9.17) is 23.3 Å². The van der Waals surface area contributed by atoms with Gasteiger partial charge in [-0.1, -0.05) is 226 Å². The molecule has 0 amide bonds. The average molecular weight is 1140 g/mol. The van der Waals surface area contributed by atoms with Gasteiger partial charge in [0.15, 0.2) is 6.10 Å². The molecule has 0 radical (unpaired) electrons. The summed E-state index contributed by atoms with van der Waals surface area (Å²) in [7, 11) is -4.77. The number of aliphatic hydroxyl groups is 1. The van der Waals surface area contributed by atoms with Crippen LogP contribution in [0.15, 0.2) is 122 Å². The first-order chi connectivity index (χ1) is 39.2. The zero-order valence-electron chi connectivity index (χ0n) is 50.5. The van der Waals surface area contributed by atoms with Crippen molar-refractivity contribution in [1.82, 2.24) is 0 Å². The lowest BCUT2D eigenvalue weighted by molar-refractivity contribution is -0.161. The number of hydrogen-bond donors (Lipinski definition) is 2. The molecule has 3 atom stereocenters. The fraction of sp³-hybridized carbons (Fsp3) is 0.662. The first-order valence-electron chi connectivity index (χ1n) is 31.4. The summed E-state index contributed by atoms with van der Waals surface area (Å²) in [5, 5.41) is 9.84. The normalized spacial score (nSPS) is 14.1. The topological polar surface area (TPSA) is 155 Å². The second kappa shape index (κ2) is 61.0. The summed E-state index contributed by atoms with van der Waals surface area (Å²) >= 11 is 0. The smallest absolute Gasteiger partial charge is 0.462 e. The second-order valence-electron chi connectivity index (χ2n) is 20.5. The number of allylic oxidation sites excluding steroid dienone is 20. The van der Waals surface area contributed by atoms with Gasteiger partial charge in [-0.15, -0.1) is 0 Å². The summed E-state index contributed by atoms with van der Waals surface area (Å²) in [5.41, 5.74) is 0. The first kappa shape index (κ1) is 75.9. The van der Waals surface area contributed by atoms with Crippen molar-refractivity contribution >= 4 is 25.7 Å². The van der Waals surface area contributed by atoms with Gasteiger partial charge in [0.2, 0.25) is 0 Å². The average Bonchev–Trinajstić information content (AvgIpc) is 3.45. The van der Waals surface area contributed by atoms with Crippen molar-refractivity contribution in [3.8, 4) is 0 Å². The number of phosphoric acid groups is 1. The van der Waals surface area contributed by atoms with E-state index in [1.807, 2.05) is 0 Å². The van der Waals surface area contributed by atoms with E-state index in [1.54, 1.807) is 0 Å². The fourth-order valence-corrected chi connectivity index (χ4v) is 8.92. The van der Waals surface area contributed by atoms with E-state index in [0.29, 0.717) is 19.3 Å². The number of ether oxygens (including phenoxy) is 3. The molecule has 0 aromatic rings. The van der Waals surface area contributed by atoms with Crippen LogP contribution in [-0.4, -0.2) is 66.5 Å². The Balaban J connectivity index is 4.82. The van der Waals surface area contributed by atoms with E-state index in [2.05, 4.69) is 142 Å². The molecule has 456 valence electrons. The molecule has 0 aromatic carbocycles. The van der Waals surface area contributed by atoms with E-state index >= 15 is 0 Å². The monoisotopic (exact) mass is 1140 g/mol. The Labute approximate surface area is 487 Å². The Kier molecular flexibility index (Phi) is 57.8. The number of hydrogen-bond acceptors (Lipinski definition) is 10. The third-order valence-corrected chi connectivity index (χ3v) is 13.8. The molecule has 0 aliphatic rings. The van der Waals surface area contributed by atoms with Gasteiger partial charge in [-0.3, -0.25) is 23.4 Å².